The first-order chi connectivity index (χ1) is 12.6. The Balaban J connectivity index is 1.47. The van der Waals surface area contributed by atoms with Gasteiger partial charge in [0.05, 0.1) is 11.4 Å². The molecule has 0 radical (unpaired) electrons. The molecule has 1 amide bonds. The molecule has 5 nitrogen and oxygen atoms in total. The topological polar surface area (TPSA) is 66.9 Å². The van der Waals surface area contributed by atoms with Gasteiger partial charge in [-0.3, -0.25) is 4.79 Å². The third kappa shape index (κ3) is 5.24. The van der Waals surface area contributed by atoms with Gasteiger partial charge in [0.2, 0.25) is 11.0 Å². The van der Waals surface area contributed by atoms with Crippen LogP contribution in [0, 0.1) is 11.6 Å². The minimum Gasteiger partial charge on any atom is -0.356 e. The molecule has 0 spiro atoms. The average molecular weight is 392 g/mol. The van der Waals surface area contributed by atoms with Crippen molar-refractivity contribution in [1.29, 1.82) is 0 Å². The number of rotatable bonds is 7. The first-order valence-corrected chi connectivity index (χ1v) is 9.39. The third-order valence-electron chi connectivity index (χ3n) is 3.22. The summed E-state index contributed by atoms with van der Waals surface area (Å²) < 4.78 is 27.0. The molecule has 134 valence electrons. The molecule has 9 heteroatoms. The molecular formula is C17H14F2N4OS2. The van der Waals surface area contributed by atoms with Crippen molar-refractivity contribution in [2.24, 2.45) is 0 Å². The molecule has 26 heavy (non-hydrogen) atoms. The van der Waals surface area contributed by atoms with Crippen molar-refractivity contribution in [2.45, 2.75) is 10.9 Å². The highest BCUT2D eigenvalue weighted by Crippen LogP contribution is 2.26. The zero-order valence-electron chi connectivity index (χ0n) is 13.4. The minimum absolute atomic E-state index is 0.0458. The molecule has 0 saturated heterocycles. The zero-order valence-corrected chi connectivity index (χ0v) is 15.0. The smallest absolute Gasteiger partial charge is 0.234 e. The van der Waals surface area contributed by atoms with Crippen molar-refractivity contribution >= 4 is 39.8 Å². The van der Waals surface area contributed by atoms with Gasteiger partial charge in [-0.2, -0.15) is 0 Å². The van der Waals surface area contributed by atoms with E-state index in [0.29, 0.717) is 16.0 Å². The van der Waals surface area contributed by atoms with Gasteiger partial charge in [-0.15, -0.1) is 10.2 Å². The summed E-state index contributed by atoms with van der Waals surface area (Å²) in [6.07, 6.45) is 0. The van der Waals surface area contributed by atoms with Gasteiger partial charge in [0, 0.05) is 12.6 Å². The van der Waals surface area contributed by atoms with E-state index >= 15 is 0 Å². The molecular weight excluding hydrogens is 378 g/mol. The van der Waals surface area contributed by atoms with Crippen LogP contribution in [0.5, 0.6) is 0 Å². The first kappa shape index (κ1) is 18.3. The summed E-state index contributed by atoms with van der Waals surface area (Å²) in [5.74, 6) is -1.87. The number of hydrogen-bond donors (Lipinski definition) is 2. The van der Waals surface area contributed by atoms with Crippen LogP contribution in [0.15, 0.2) is 52.9 Å². The number of nitrogens with zero attached hydrogens (tertiary/aromatic N) is 2. The maximum absolute atomic E-state index is 13.5. The number of hydrogen-bond acceptors (Lipinski definition) is 6. The maximum atomic E-state index is 13.5. The van der Waals surface area contributed by atoms with E-state index in [9.17, 15) is 13.6 Å². The van der Waals surface area contributed by atoms with Crippen LogP contribution in [0.3, 0.4) is 0 Å². The Bertz CT molecular complexity index is 889. The Hall–Kier alpha value is -2.52. The van der Waals surface area contributed by atoms with E-state index in [0.717, 1.165) is 17.7 Å². The second-order valence-electron chi connectivity index (χ2n) is 5.17. The molecule has 0 aliphatic rings. The molecule has 0 atom stereocenters. The normalized spacial score (nSPS) is 10.5. The number of benzene rings is 2. The van der Waals surface area contributed by atoms with E-state index < -0.39 is 17.5 Å². The van der Waals surface area contributed by atoms with Crippen LogP contribution in [-0.4, -0.2) is 21.9 Å². The highest BCUT2D eigenvalue weighted by Gasteiger charge is 2.11. The summed E-state index contributed by atoms with van der Waals surface area (Å²) >= 11 is 2.53. The van der Waals surface area contributed by atoms with Gasteiger partial charge in [-0.25, -0.2) is 8.78 Å². The van der Waals surface area contributed by atoms with Crippen LogP contribution in [0.25, 0.3) is 0 Å². The Morgan fingerprint density at radius 1 is 1.12 bits per heavy atom. The lowest BCUT2D eigenvalue weighted by atomic mass is 10.2. The molecule has 0 saturated carbocycles. The number of anilines is 2. The molecule has 3 rings (SSSR count). The minimum atomic E-state index is -0.813. The van der Waals surface area contributed by atoms with Crippen LogP contribution in [0.2, 0.25) is 0 Å². The summed E-state index contributed by atoms with van der Waals surface area (Å²) in [7, 11) is 0. The van der Waals surface area contributed by atoms with Crippen LogP contribution < -0.4 is 10.6 Å². The van der Waals surface area contributed by atoms with Gasteiger partial charge in [0.1, 0.15) is 11.6 Å². The summed E-state index contributed by atoms with van der Waals surface area (Å²) in [5.41, 5.74) is 1.07. The standard InChI is InChI=1S/C17H14F2N4OS2/c18-12-6-7-14(13(19)8-12)21-15(24)10-25-17-23-22-16(26-17)20-9-11-4-2-1-3-5-11/h1-8H,9-10H2,(H,20,22)(H,21,24). The van der Waals surface area contributed by atoms with Crippen LogP contribution >= 0.6 is 23.1 Å². The molecule has 0 aliphatic carbocycles. The Kier molecular flexibility index (Phi) is 6.13. The number of thioether (sulfide) groups is 1. The molecule has 2 N–H and O–H groups in total. The van der Waals surface area contributed by atoms with Crippen molar-refractivity contribution in [2.75, 3.05) is 16.4 Å². The van der Waals surface area contributed by atoms with Gasteiger partial charge in [0.25, 0.3) is 0 Å². The summed E-state index contributed by atoms with van der Waals surface area (Å²) in [6, 6.07) is 12.9. The number of aromatic nitrogens is 2. The van der Waals surface area contributed by atoms with E-state index in [-0.39, 0.29) is 11.4 Å². The van der Waals surface area contributed by atoms with Crippen LogP contribution in [0.4, 0.5) is 19.6 Å². The molecule has 3 aromatic rings. The average Bonchev–Trinajstić information content (AvgIpc) is 3.09. The summed E-state index contributed by atoms with van der Waals surface area (Å²) in [4.78, 5) is 11.9. The van der Waals surface area contributed by atoms with E-state index in [1.165, 1.54) is 29.2 Å². The largest absolute Gasteiger partial charge is 0.356 e. The summed E-state index contributed by atoms with van der Waals surface area (Å²) in [5, 5.41) is 14.2. The van der Waals surface area contributed by atoms with Gasteiger partial charge in [-0.1, -0.05) is 53.4 Å². The monoisotopic (exact) mass is 392 g/mol. The van der Waals surface area contributed by atoms with E-state index in [1.807, 2.05) is 30.3 Å². The quantitative estimate of drug-likeness (QED) is 0.591. The summed E-state index contributed by atoms with van der Waals surface area (Å²) in [6.45, 7) is 0.629. The van der Waals surface area contributed by atoms with Crippen molar-refractivity contribution in [3.8, 4) is 0 Å². The van der Waals surface area contributed by atoms with Crippen molar-refractivity contribution in [1.82, 2.24) is 10.2 Å². The fourth-order valence-corrected chi connectivity index (χ4v) is 3.57. The first-order valence-electron chi connectivity index (χ1n) is 7.59. The fraction of sp³-hybridized carbons (Fsp3) is 0.118. The van der Waals surface area contributed by atoms with Gasteiger partial charge in [-0.05, 0) is 17.7 Å². The SMILES string of the molecule is O=C(CSc1nnc(NCc2ccccc2)s1)Nc1ccc(F)cc1F. The van der Waals surface area contributed by atoms with E-state index in [1.54, 1.807) is 0 Å². The number of halogens is 2. The van der Waals surface area contributed by atoms with Crippen LogP contribution in [0.1, 0.15) is 5.56 Å². The lowest BCUT2D eigenvalue weighted by Crippen LogP contribution is -2.15. The van der Waals surface area contributed by atoms with E-state index in [2.05, 4.69) is 20.8 Å². The van der Waals surface area contributed by atoms with Crippen LogP contribution in [-0.2, 0) is 11.3 Å². The Labute approximate surface area is 156 Å². The molecule has 2 aromatic carbocycles. The predicted octanol–water partition coefficient (Wildman–Crippen LogP) is 4.16. The Morgan fingerprint density at radius 2 is 1.92 bits per heavy atom. The lowest BCUT2D eigenvalue weighted by molar-refractivity contribution is -0.113. The Morgan fingerprint density at radius 3 is 2.69 bits per heavy atom. The van der Waals surface area contributed by atoms with Crippen molar-refractivity contribution in [3.05, 3.63) is 65.7 Å². The van der Waals surface area contributed by atoms with Crippen molar-refractivity contribution in [3.63, 3.8) is 0 Å². The number of carbonyl (C=O) groups excluding carboxylic acids is 1. The van der Waals surface area contributed by atoms with Crippen molar-refractivity contribution < 1.29 is 13.6 Å². The molecule has 1 aromatic heterocycles. The highest BCUT2D eigenvalue weighted by atomic mass is 32.2. The molecule has 1 heterocycles. The fourth-order valence-electron chi connectivity index (χ4n) is 2.02. The molecule has 0 aliphatic heterocycles. The molecule has 0 unspecified atom stereocenters. The highest BCUT2D eigenvalue weighted by molar-refractivity contribution is 8.01. The van der Waals surface area contributed by atoms with Gasteiger partial charge >= 0.3 is 0 Å². The molecule has 0 fully saturated rings. The zero-order chi connectivity index (χ0) is 18.4. The predicted molar refractivity (Wildman–Crippen MR) is 99.4 cm³/mol. The van der Waals surface area contributed by atoms with Gasteiger partial charge in [0.15, 0.2) is 4.34 Å². The third-order valence-corrected chi connectivity index (χ3v) is 5.24. The second-order valence-corrected chi connectivity index (χ2v) is 7.37. The number of amides is 1. The van der Waals surface area contributed by atoms with Gasteiger partial charge < -0.3 is 10.6 Å². The second kappa shape index (κ2) is 8.72. The number of carbonyl (C=O) groups is 1. The van der Waals surface area contributed by atoms with E-state index in [4.69, 9.17) is 0 Å². The number of nitrogens with one attached hydrogen (secondary N) is 2. The lowest BCUT2D eigenvalue weighted by Gasteiger charge is -2.05. The maximum Gasteiger partial charge on any atom is 0.234 e. The molecule has 0 bridgehead atoms.